The fourth-order valence-electron chi connectivity index (χ4n) is 4.09. The van der Waals surface area contributed by atoms with Crippen molar-refractivity contribution < 1.29 is 4.79 Å². The molecule has 0 aliphatic heterocycles. The Morgan fingerprint density at radius 1 is 1.25 bits per heavy atom. The molecule has 2 aliphatic carbocycles. The lowest BCUT2D eigenvalue weighted by Crippen LogP contribution is -2.29. The topological polar surface area (TPSA) is 22.0 Å². The number of ketones is 1. The number of nitrogens with zero attached hydrogens (tertiary/aromatic N) is 1. The molecule has 2 aliphatic rings. The SMILES string of the molecule is CC1CCCCC1Cn1ccc2c1CC(C)(C)CC2=O. The van der Waals surface area contributed by atoms with E-state index < -0.39 is 0 Å². The molecular weight excluding hydrogens is 246 g/mol. The van der Waals surface area contributed by atoms with Crippen molar-refractivity contribution in [2.75, 3.05) is 0 Å². The van der Waals surface area contributed by atoms with Crippen LogP contribution in [0.2, 0.25) is 0 Å². The Balaban J connectivity index is 1.83. The summed E-state index contributed by atoms with van der Waals surface area (Å²) in [5, 5.41) is 0. The number of hydrogen-bond acceptors (Lipinski definition) is 1. The Hall–Kier alpha value is -1.05. The maximum Gasteiger partial charge on any atom is 0.165 e. The van der Waals surface area contributed by atoms with E-state index in [2.05, 4.69) is 37.6 Å². The quantitative estimate of drug-likeness (QED) is 0.779. The molecule has 0 amide bonds. The Labute approximate surface area is 122 Å². The molecule has 3 rings (SSSR count). The van der Waals surface area contributed by atoms with Gasteiger partial charge in [0.1, 0.15) is 0 Å². The molecule has 0 radical (unpaired) electrons. The number of fused-ring (bicyclic) bond motifs is 1. The van der Waals surface area contributed by atoms with E-state index in [1.807, 2.05) is 0 Å². The number of carbonyl (C=O) groups is 1. The highest BCUT2D eigenvalue weighted by Crippen LogP contribution is 2.37. The van der Waals surface area contributed by atoms with E-state index in [1.54, 1.807) is 0 Å². The summed E-state index contributed by atoms with van der Waals surface area (Å²) in [6, 6.07) is 2.06. The molecule has 20 heavy (non-hydrogen) atoms. The number of Topliss-reactive ketones (excluding diaryl/α,β-unsaturated/α-hetero) is 1. The third-order valence-electron chi connectivity index (χ3n) is 5.38. The van der Waals surface area contributed by atoms with Crippen LogP contribution in [0.3, 0.4) is 0 Å². The van der Waals surface area contributed by atoms with Gasteiger partial charge in [-0.1, -0.05) is 40.0 Å². The highest BCUT2D eigenvalue weighted by Gasteiger charge is 2.33. The van der Waals surface area contributed by atoms with Gasteiger partial charge in [0.15, 0.2) is 5.78 Å². The van der Waals surface area contributed by atoms with Gasteiger partial charge in [-0.2, -0.15) is 0 Å². The van der Waals surface area contributed by atoms with Crippen LogP contribution in [-0.4, -0.2) is 10.4 Å². The smallest absolute Gasteiger partial charge is 0.165 e. The van der Waals surface area contributed by atoms with Crippen molar-refractivity contribution in [2.45, 2.75) is 65.8 Å². The lowest BCUT2D eigenvalue weighted by molar-refractivity contribution is 0.0909. The average Bonchev–Trinajstić information content (AvgIpc) is 2.74. The molecule has 0 N–H and O–H groups in total. The van der Waals surface area contributed by atoms with Gasteiger partial charge >= 0.3 is 0 Å². The van der Waals surface area contributed by atoms with Crippen LogP contribution >= 0.6 is 0 Å². The zero-order valence-corrected chi connectivity index (χ0v) is 13.1. The fraction of sp³-hybridized carbons (Fsp3) is 0.722. The molecule has 0 spiro atoms. The zero-order chi connectivity index (χ0) is 14.3. The first-order valence-electron chi connectivity index (χ1n) is 8.17. The van der Waals surface area contributed by atoms with Gasteiger partial charge in [-0.25, -0.2) is 0 Å². The van der Waals surface area contributed by atoms with Crippen molar-refractivity contribution in [3.63, 3.8) is 0 Å². The summed E-state index contributed by atoms with van der Waals surface area (Å²) in [6.07, 6.45) is 9.40. The van der Waals surface area contributed by atoms with Gasteiger partial charge in [-0.3, -0.25) is 4.79 Å². The van der Waals surface area contributed by atoms with E-state index in [9.17, 15) is 4.79 Å². The summed E-state index contributed by atoms with van der Waals surface area (Å²) in [5.74, 6) is 1.96. The Morgan fingerprint density at radius 3 is 2.75 bits per heavy atom. The van der Waals surface area contributed by atoms with Gasteiger partial charge in [0.2, 0.25) is 0 Å². The van der Waals surface area contributed by atoms with E-state index in [-0.39, 0.29) is 5.41 Å². The van der Waals surface area contributed by atoms with Crippen LogP contribution in [-0.2, 0) is 13.0 Å². The van der Waals surface area contributed by atoms with Crippen LogP contribution in [0.25, 0.3) is 0 Å². The van der Waals surface area contributed by atoms with Crippen LogP contribution in [0, 0.1) is 17.3 Å². The molecule has 110 valence electrons. The number of rotatable bonds is 2. The van der Waals surface area contributed by atoms with Gasteiger partial charge in [0, 0.05) is 30.4 Å². The summed E-state index contributed by atoms with van der Waals surface area (Å²) in [7, 11) is 0. The predicted molar refractivity (Wildman–Crippen MR) is 82.0 cm³/mol. The molecule has 1 aromatic heterocycles. The second kappa shape index (κ2) is 5.05. The highest BCUT2D eigenvalue weighted by atomic mass is 16.1. The maximum absolute atomic E-state index is 12.3. The van der Waals surface area contributed by atoms with Crippen molar-refractivity contribution in [3.8, 4) is 0 Å². The monoisotopic (exact) mass is 273 g/mol. The minimum Gasteiger partial charge on any atom is -0.350 e. The molecular formula is C18H27NO. The van der Waals surface area contributed by atoms with Crippen molar-refractivity contribution in [3.05, 3.63) is 23.5 Å². The van der Waals surface area contributed by atoms with Crippen molar-refractivity contribution in [2.24, 2.45) is 17.3 Å². The summed E-state index contributed by atoms with van der Waals surface area (Å²) < 4.78 is 2.39. The summed E-state index contributed by atoms with van der Waals surface area (Å²) in [5.41, 5.74) is 2.41. The highest BCUT2D eigenvalue weighted by molar-refractivity contribution is 5.98. The van der Waals surface area contributed by atoms with Crippen LogP contribution in [0.5, 0.6) is 0 Å². The lowest BCUT2D eigenvalue weighted by atomic mass is 9.76. The van der Waals surface area contributed by atoms with Crippen LogP contribution in [0.4, 0.5) is 0 Å². The van der Waals surface area contributed by atoms with E-state index in [1.165, 1.54) is 31.4 Å². The molecule has 0 bridgehead atoms. The lowest BCUT2D eigenvalue weighted by Gasteiger charge is -2.33. The molecule has 0 aromatic carbocycles. The molecule has 1 aromatic rings. The first kappa shape index (κ1) is 13.9. The second-order valence-electron chi connectivity index (χ2n) is 7.79. The predicted octanol–water partition coefficient (Wildman–Crippen LogP) is 4.47. The third kappa shape index (κ3) is 2.57. The van der Waals surface area contributed by atoms with E-state index in [4.69, 9.17) is 0 Å². The van der Waals surface area contributed by atoms with Gasteiger partial charge < -0.3 is 4.57 Å². The van der Waals surface area contributed by atoms with Crippen molar-refractivity contribution in [1.29, 1.82) is 0 Å². The van der Waals surface area contributed by atoms with E-state index >= 15 is 0 Å². The summed E-state index contributed by atoms with van der Waals surface area (Å²) in [6.45, 7) is 7.94. The molecule has 2 nitrogen and oxygen atoms in total. The van der Waals surface area contributed by atoms with Crippen molar-refractivity contribution in [1.82, 2.24) is 4.57 Å². The van der Waals surface area contributed by atoms with Crippen LogP contribution in [0.1, 0.15) is 68.9 Å². The third-order valence-corrected chi connectivity index (χ3v) is 5.38. The van der Waals surface area contributed by atoms with Gasteiger partial charge in [0.25, 0.3) is 0 Å². The minimum absolute atomic E-state index is 0.123. The molecule has 1 saturated carbocycles. The Kier molecular flexibility index (Phi) is 3.51. The Bertz CT molecular complexity index is 511. The number of carbonyl (C=O) groups excluding carboxylic acids is 1. The van der Waals surface area contributed by atoms with Crippen molar-refractivity contribution >= 4 is 5.78 Å². The normalized spacial score (nSPS) is 29.2. The summed E-state index contributed by atoms with van der Waals surface area (Å²) >= 11 is 0. The molecule has 0 saturated heterocycles. The zero-order valence-electron chi connectivity index (χ0n) is 13.1. The van der Waals surface area contributed by atoms with Gasteiger partial charge in [-0.15, -0.1) is 0 Å². The van der Waals surface area contributed by atoms with Crippen LogP contribution < -0.4 is 0 Å². The van der Waals surface area contributed by atoms with E-state index in [0.29, 0.717) is 12.2 Å². The first-order valence-corrected chi connectivity index (χ1v) is 8.17. The largest absolute Gasteiger partial charge is 0.350 e. The fourth-order valence-corrected chi connectivity index (χ4v) is 4.09. The first-order chi connectivity index (χ1) is 9.46. The molecule has 2 unspecified atom stereocenters. The standard InChI is InChI=1S/C18H27NO/c1-13-6-4-5-7-14(13)12-19-9-8-15-16(19)10-18(2,3)11-17(15)20/h8-9,13-14H,4-7,10-12H2,1-3H3. The number of hydrogen-bond donors (Lipinski definition) is 0. The molecule has 1 heterocycles. The van der Waals surface area contributed by atoms with E-state index in [0.717, 1.165) is 30.4 Å². The van der Waals surface area contributed by atoms with Gasteiger partial charge in [0.05, 0.1) is 0 Å². The molecule has 2 atom stereocenters. The maximum atomic E-state index is 12.3. The second-order valence-corrected chi connectivity index (χ2v) is 7.79. The summed E-state index contributed by atoms with van der Waals surface area (Å²) in [4.78, 5) is 12.3. The van der Waals surface area contributed by atoms with Crippen LogP contribution in [0.15, 0.2) is 12.3 Å². The number of aromatic nitrogens is 1. The average molecular weight is 273 g/mol. The Morgan fingerprint density at radius 2 is 2.00 bits per heavy atom. The molecule has 2 heteroatoms. The minimum atomic E-state index is 0.123. The molecule has 1 fully saturated rings. The van der Waals surface area contributed by atoms with Gasteiger partial charge in [-0.05, 0) is 36.2 Å².